The van der Waals surface area contributed by atoms with E-state index in [2.05, 4.69) is 19.2 Å². The zero-order chi connectivity index (χ0) is 26.1. The Morgan fingerprint density at radius 2 is 1.53 bits per heavy atom. The molecule has 5 heteroatoms. The number of fused-ring (bicyclic) bond motifs is 1. The van der Waals surface area contributed by atoms with Gasteiger partial charge in [0.1, 0.15) is 5.75 Å². The first-order chi connectivity index (χ1) is 17.4. The standard InChI is InChI=1S/C28H27NO4.C3H8/c1-18-14-19(2)16-21(15-18)28(31)29-24-9-11-26(23-7-5-4-6-22(23)24)33-13-12-20-8-10-25(30)27(17-20)32-3;1-3-2/h4-11,14-17,30H,12-13H2,1-3H3,(H,29,31);3H2,1-2H3. The smallest absolute Gasteiger partial charge is 0.255 e. The fourth-order valence-electron chi connectivity index (χ4n) is 3.96. The van der Waals surface area contributed by atoms with Gasteiger partial charge in [-0.3, -0.25) is 4.79 Å². The summed E-state index contributed by atoms with van der Waals surface area (Å²) in [5, 5.41) is 14.7. The van der Waals surface area contributed by atoms with Crippen LogP contribution in [-0.4, -0.2) is 24.7 Å². The van der Waals surface area contributed by atoms with Gasteiger partial charge in [0, 0.05) is 28.4 Å². The van der Waals surface area contributed by atoms with Gasteiger partial charge >= 0.3 is 0 Å². The van der Waals surface area contributed by atoms with Crippen LogP contribution in [0.25, 0.3) is 10.8 Å². The molecule has 0 unspecified atom stereocenters. The molecule has 4 rings (SSSR count). The van der Waals surface area contributed by atoms with Crippen molar-refractivity contribution in [2.24, 2.45) is 0 Å². The first kappa shape index (κ1) is 26.6. The first-order valence-corrected chi connectivity index (χ1v) is 12.3. The molecular formula is C31H35NO4. The van der Waals surface area contributed by atoms with Crippen LogP contribution in [0.15, 0.2) is 72.8 Å². The van der Waals surface area contributed by atoms with E-state index in [0.717, 1.165) is 38.9 Å². The van der Waals surface area contributed by atoms with Crippen LogP contribution in [0.3, 0.4) is 0 Å². The third kappa shape index (κ3) is 6.79. The average molecular weight is 486 g/mol. The van der Waals surface area contributed by atoms with Crippen LogP contribution in [-0.2, 0) is 6.42 Å². The summed E-state index contributed by atoms with van der Waals surface area (Å²) in [5.41, 5.74) is 4.50. The largest absolute Gasteiger partial charge is 0.504 e. The van der Waals surface area contributed by atoms with Crippen LogP contribution >= 0.6 is 0 Å². The van der Waals surface area contributed by atoms with Crippen LogP contribution < -0.4 is 14.8 Å². The number of hydrogen-bond acceptors (Lipinski definition) is 4. The molecule has 2 N–H and O–H groups in total. The highest BCUT2D eigenvalue weighted by atomic mass is 16.5. The molecular weight excluding hydrogens is 450 g/mol. The van der Waals surface area contributed by atoms with Crippen LogP contribution in [0.5, 0.6) is 17.2 Å². The van der Waals surface area contributed by atoms with Gasteiger partial charge in [-0.05, 0) is 55.8 Å². The molecule has 0 saturated carbocycles. The third-order valence-electron chi connectivity index (χ3n) is 5.51. The van der Waals surface area contributed by atoms with Crippen molar-refractivity contribution in [3.8, 4) is 17.2 Å². The van der Waals surface area contributed by atoms with E-state index in [4.69, 9.17) is 9.47 Å². The summed E-state index contributed by atoms with van der Waals surface area (Å²) in [6.45, 7) is 8.69. The normalized spacial score (nSPS) is 10.4. The van der Waals surface area contributed by atoms with E-state index in [9.17, 15) is 9.90 Å². The maximum absolute atomic E-state index is 12.9. The van der Waals surface area contributed by atoms with Crippen molar-refractivity contribution < 1.29 is 19.4 Å². The summed E-state index contributed by atoms with van der Waals surface area (Å²) in [5.74, 6) is 1.18. The number of carbonyl (C=O) groups is 1. The number of carbonyl (C=O) groups excluding carboxylic acids is 1. The second-order valence-electron chi connectivity index (χ2n) is 8.80. The lowest BCUT2D eigenvalue weighted by Crippen LogP contribution is -2.13. The van der Waals surface area contributed by atoms with Gasteiger partial charge in [0.05, 0.1) is 13.7 Å². The number of rotatable bonds is 7. The summed E-state index contributed by atoms with van der Waals surface area (Å²) in [6, 6.07) is 22.7. The Labute approximate surface area is 213 Å². The topological polar surface area (TPSA) is 67.8 Å². The lowest BCUT2D eigenvalue weighted by atomic mass is 10.1. The summed E-state index contributed by atoms with van der Waals surface area (Å²) in [6.07, 6.45) is 1.91. The zero-order valence-corrected chi connectivity index (χ0v) is 21.7. The minimum atomic E-state index is -0.137. The highest BCUT2D eigenvalue weighted by Crippen LogP contribution is 2.32. The van der Waals surface area contributed by atoms with Crippen molar-refractivity contribution in [3.63, 3.8) is 0 Å². The Hall–Kier alpha value is -3.99. The van der Waals surface area contributed by atoms with Gasteiger partial charge in [-0.2, -0.15) is 0 Å². The third-order valence-corrected chi connectivity index (χ3v) is 5.51. The van der Waals surface area contributed by atoms with E-state index in [-0.39, 0.29) is 11.7 Å². The number of amides is 1. The Balaban J connectivity index is 0.00000115. The summed E-state index contributed by atoms with van der Waals surface area (Å²) >= 11 is 0. The molecule has 0 bridgehead atoms. The molecule has 4 aromatic rings. The number of aromatic hydroxyl groups is 1. The quantitative estimate of drug-likeness (QED) is 0.285. The predicted octanol–water partition coefficient (Wildman–Crippen LogP) is 7.46. The van der Waals surface area contributed by atoms with Crippen molar-refractivity contribution in [3.05, 3.63) is 95.1 Å². The minimum absolute atomic E-state index is 0.117. The molecule has 0 aromatic heterocycles. The van der Waals surface area contributed by atoms with Gasteiger partial charge in [-0.25, -0.2) is 0 Å². The number of methoxy groups -OCH3 is 1. The number of nitrogens with one attached hydrogen (secondary N) is 1. The van der Waals surface area contributed by atoms with E-state index >= 15 is 0 Å². The van der Waals surface area contributed by atoms with Gasteiger partial charge in [0.2, 0.25) is 0 Å². The minimum Gasteiger partial charge on any atom is -0.504 e. The molecule has 0 spiro atoms. The molecule has 0 fully saturated rings. The van der Waals surface area contributed by atoms with Crippen molar-refractivity contribution in [1.29, 1.82) is 0 Å². The van der Waals surface area contributed by atoms with Crippen LogP contribution in [0.1, 0.15) is 47.3 Å². The second kappa shape index (κ2) is 12.6. The molecule has 1 amide bonds. The second-order valence-corrected chi connectivity index (χ2v) is 8.80. The number of phenolic OH excluding ortho intramolecular Hbond substituents is 1. The predicted molar refractivity (Wildman–Crippen MR) is 148 cm³/mol. The van der Waals surface area contributed by atoms with Gasteiger partial charge < -0.3 is 19.9 Å². The fraction of sp³-hybridized carbons (Fsp3) is 0.258. The number of phenols is 1. The number of ether oxygens (including phenoxy) is 2. The van der Waals surface area contributed by atoms with E-state index in [1.54, 1.807) is 6.07 Å². The highest BCUT2D eigenvalue weighted by Gasteiger charge is 2.12. The van der Waals surface area contributed by atoms with Crippen LogP contribution in [0.2, 0.25) is 0 Å². The maximum atomic E-state index is 12.9. The van der Waals surface area contributed by atoms with Crippen molar-refractivity contribution in [1.82, 2.24) is 0 Å². The lowest BCUT2D eigenvalue weighted by Gasteiger charge is -2.14. The molecule has 4 aromatic carbocycles. The van der Waals surface area contributed by atoms with Crippen molar-refractivity contribution >= 4 is 22.4 Å². The monoisotopic (exact) mass is 485 g/mol. The number of benzene rings is 4. The van der Waals surface area contributed by atoms with Crippen molar-refractivity contribution in [2.75, 3.05) is 19.0 Å². The summed E-state index contributed by atoms with van der Waals surface area (Å²) in [4.78, 5) is 12.9. The van der Waals surface area contributed by atoms with Crippen LogP contribution in [0, 0.1) is 13.8 Å². The van der Waals surface area contributed by atoms with Crippen LogP contribution in [0.4, 0.5) is 5.69 Å². The Kier molecular flexibility index (Phi) is 9.34. The molecule has 0 saturated heterocycles. The van der Waals surface area contributed by atoms with E-state index < -0.39 is 0 Å². The van der Waals surface area contributed by atoms with Gasteiger partial charge in [-0.1, -0.05) is 67.8 Å². The summed E-state index contributed by atoms with van der Waals surface area (Å²) < 4.78 is 11.3. The highest BCUT2D eigenvalue weighted by molar-refractivity contribution is 6.10. The molecule has 36 heavy (non-hydrogen) atoms. The van der Waals surface area contributed by atoms with Crippen molar-refractivity contribution in [2.45, 2.75) is 40.5 Å². The maximum Gasteiger partial charge on any atom is 0.255 e. The Bertz CT molecular complexity index is 1310. The summed E-state index contributed by atoms with van der Waals surface area (Å²) in [7, 11) is 1.53. The number of hydrogen-bond donors (Lipinski definition) is 2. The molecule has 0 atom stereocenters. The Morgan fingerprint density at radius 1 is 0.861 bits per heavy atom. The van der Waals surface area contributed by atoms with Gasteiger partial charge in [0.25, 0.3) is 5.91 Å². The molecule has 0 radical (unpaired) electrons. The Morgan fingerprint density at radius 3 is 2.19 bits per heavy atom. The SMILES string of the molecule is CCC.COc1cc(CCOc2ccc(NC(=O)c3cc(C)cc(C)c3)c3ccccc23)ccc1O. The van der Waals surface area contributed by atoms with E-state index in [0.29, 0.717) is 24.3 Å². The van der Waals surface area contributed by atoms with E-state index in [1.807, 2.05) is 80.6 Å². The van der Waals surface area contributed by atoms with Gasteiger partial charge in [-0.15, -0.1) is 0 Å². The molecule has 5 nitrogen and oxygen atoms in total. The first-order valence-electron chi connectivity index (χ1n) is 12.3. The zero-order valence-electron chi connectivity index (χ0n) is 21.7. The molecule has 188 valence electrons. The van der Waals surface area contributed by atoms with E-state index in [1.165, 1.54) is 13.5 Å². The average Bonchev–Trinajstić information content (AvgIpc) is 2.86. The molecule has 0 aliphatic heterocycles. The number of anilines is 1. The van der Waals surface area contributed by atoms with Gasteiger partial charge in [0.15, 0.2) is 11.5 Å². The molecule has 0 aliphatic rings. The number of aryl methyl sites for hydroxylation is 2. The molecule has 0 heterocycles. The fourth-order valence-corrected chi connectivity index (χ4v) is 3.96. The lowest BCUT2D eigenvalue weighted by molar-refractivity contribution is 0.102. The molecule has 0 aliphatic carbocycles.